The lowest BCUT2D eigenvalue weighted by Crippen LogP contribution is -2.26. The molecule has 3 aromatic rings. The van der Waals surface area contributed by atoms with E-state index in [1.165, 1.54) is 23.5 Å². The van der Waals surface area contributed by atoms with Crippen LogP contribution in [0.2, 0.25) is 0 Å². The molecule has 2 aromatic heterocycles. The van der Waals surface area contributed by atoms with Gasteiger partial charge < -0.3 is 5.32 Å². The van der Waals surface area contributed by atoms with Crippen molar-refractivity contribution in [3.8, 4) is 11.3 Å². The summed E-state index contributed by atoms with van der Waals surface area (Å²) in [6.45, 7) is 2.71. The third-order valence-corrected chi connectivity index (χ3v) is 4.23. The maximum Gasteiger partial charge on any atom is 0.225 e. The highest BCUT2D eigenvalue weighted by atomic mass is 32.1. The average Bonchev–Trinajstić information content (AvgIpc) is 3.08. The lowest BCUT2D eigenvalue weighted by molar-refractivity contribution is -0.120. The molecular formula is C16H16FN3OS. The van der Waals surface area contributed by atoms with Crippen LogP contribution in [0.15, 0.2) is 35.8 Å². The van der Waals surface area contributed by atoms with E-state index in [-0.39, 0.29) is 11.7 Å². The second-order valence-electron chi connectivity index (χ2n) is 5.04. The lowest BCUT2D eigenvalue weighted by atomic mass is 10.2. The Kier molecular flexibility index (Phi) is 4.20. The predicted octanol–water partition coefficient (Wildman–Crippen LogP) is 3.27. The van der Waals surface area contributed by atoms with Gasteiger partial charge in [0, 0.05) is 29.4 Å². The van der Waals surface area contributed by atoms with E-state index < -0.39 is 0 Å². The summed E-state index contributed by atoms with van der Waals surface area (Å²) in [4.78, 5) is 17.2. The number of fused-ring (bicyclic) bond motifs is 1. The average molecular weight is 317 g/mol. The van der Waals surface area contributed by atoms with Gasteiger partial charge in [0.1, 0.15) is 5.82 Å². The molecule has 3 rings (SSSR count). The number of nitrogens with one attached hydrogen (secondary N) is 1. The van der Waals surface area contributed by atoms with E-state index in [2.05, 4.69) is 10.3 Å². The van der Waals surface area contributed by atoms with Gasteiger partial charge >= 0.3 is 0 Å². The lowest BCUT2D eigenvalue weighted by Gasteiger charge is -2.02. The third-order valence-electron chi connectivity index (χ3n) is 3.34. The molecule has 0 aliphatic carbocycles. The third kappa shape index (κ3) is 3.01. The molecule has 0 fully saturated rings. The highest BCUT2D eigenvalue weighted by Gasteiger charge is 2.12. The molecule has 0 atom stereocenters. The van der Waals surface area contributed by atoms with Crippen LogP contribution in [-0.4, -0.2) is 21.8 Å². The zero-order valence-electron chi connectivity index (χ0n) is 12.2. The number of rotatable bonds is 5. The molecule has 4 nitrogen and oxygen atoms in total. The summed E-state index contributed by atoms with van der Waals surface area (Å²) in [7, 11) is 0. The number of aromatic nitrogens is 2. The summed E-state index contributed by atoms with van der Waals surface area (Å²) in [5.74, 6) is -0.253. The van der Waals surface area contributed by atoms with Crippen molar-refractivity contribution in [2.45, 2.75) is 19.8 Å². The summed E-state index contributed by atoms with van der Waals surface area (Å²) in [6.07, 6.45) is 3.14. The predicted molar refractivity (Wildman–Crippen MR) is 85.5 cm³/mol. The number of thiazole rings is 1. The summed E-state index contributed by atoms with van der Waals surface area (Å²) in [5, 5.41) is 4.82. The standard InChI is InChI=1S/C16H16FN3OS/c1-2-7-18-15(21)8-13-10-22-16-19-14(9-20(13)16)11-3-5-12(17)6-4-11/h3-6,9-10H,2,7-8H2,1H3,(H,18,21). The minimum Gasteiger partial charge on any atom is -0.356 e. The molecule has 6 heteroatoms. The Morgan fingerprint density at radius 1 is 1.36 bits per heavy atom. The maximum atomic E-state index is 13.0. The van der Waals surface area contributed by atoms with Crippen molar-refractivity contribution in [3.63, 3.8) is 0 Å². The zero-order chi connectivity index (χ0) is 15.5. The van der Waals surface area contributed by atoms with Gasteiger partial charge in [0.15, 0.2) is 4.96 Å². The second-order valence-corrected chi connectivity index (χ2v) is 5.88. The van der Waals surface area contributed by atoms with Gasteiger partial charge in [0.2, 0.25) is 5.91 Å². The van der Waals surface area contributed by atoms with Crippen LogP contribution >= 0.6 is 11.3 Å². The Labute approximate surface area is 131 Å². The molecular weight excluding hydrogens is 301 g/mol. The molecule has 0 spiro atoms. The highest BCUT2D eigenvalue weighted by Crippen LogP contribution is 2.24. The van der Waals surface area contributed by atoms with Crippen molar-refractivity contribution in [1.82, 2.24) is 14.7 Å². The number of hydrogen-bond acceptors (Lipinski definition) is 3. The maximum absolute atomic E-state index is 13.0. The molecule has 0 aliphatic rings. The largest absolute Gasteiger partial charge is 0.356 e. The summed E-state index contributed by atoms with van der Waals surface area (Å²) in [6, 6.07) is 6.24. The fourth-order valence-corrected chi connectivity index (χ4v) is 3.08. The Bertz CT molecular complexity index is 791. The summed E-state index contributed by atoms with van der Waals surface area (Å²) in [5.41, 5.74) is 2.55. The topological polar surface area (TPSA) is 46.4 Å². The van der Waals surface area contributed by atoms with Crippen molar-refractivity contribution in [2.24, 2.45) is 0 Å². The quantitative estimate of drug-likeness (QED) is 0.785. The van der Waals surface area contributed by atoms with Gasteiger partial charge in [-0.1, -0.05) is 6.92 Å². The second kappa shape index (κ2) is 6.27. The molecule has 0 saturated carbocycles. The molecule has 22 heavy (non-hydrogen) atoms. The Hall–Kier alpha value is -2.21. The zero-order valence-corrected chi connectivity index (χ0v) is 13.0. The first-order valence-electron chi connectivity index (χ1n) is 7.15. The fraction of sp³-hybridized carbons (Fsp3) is 0.250. The summed E-state index contributed by atoms with van der Waals surface area (Å²) < 4.78 is 14.9. The van der Waals surface area contributed by atoms with Crippen LogP contribution < -0.4 is 5.32 Å². The van der Waals surface area contributed by atoms with E-state index >= 15 is 0 Å². The van der Waals surface area contributed by atoms with Crippen molar-refractivity contribution < 1.29 is 9.18 Å². The Morgan fingerprint density at radius 2 is 2.14 bits per heavy atom. The van der Waals surface area contributed by atoms with E-state index in [4.69, 9.17) is 0 Å². The van der Waals surface area contributed by atoms with Crippen LogP contribution in [0.5, 0.6) is 0 Å². The van der Waals surface area contributed by atoms with Gasteiger partial charge in [-0.3, -0.25) is 9.20 Å². The van der Waals surface area contributed by atoms with Gasteiger partial charge in [-0.15, -0.1) is 11.3 Å². The number of benzene rings is 1. The number of amides is 1. The molecule has 0 radical (unpaired) electrons. The fourth-order valence-electron chi connectivity index (χ4n) is 2.21. The van der Waals surface area contributed by atoms with Gasteiger partial charge in [0.05, 0.1) is 12.1 Å². The number of imidazole rings is 1. The minimum absolute atomic E-state index is 0.0126. The number of nitrogens with zero attached hydrogens (tertiary/aromatic N) is 2. The van der Waals surface area contributed by atoms with Gasteiger partial charge in [-0.05, 0) is 30.7 Å². The molecule has 0 saturated heterocycles. The van der Waals surface area contributed by atoms with Crippen LogP contribution in [0.4, 0.5) is 4.39 Å². The first kappa shape index (κ1) is 14.7. The van der Waals surface area contributed by atoms with Gasteiger partial charge in [-0.2, -0.15) is 0 Å². The van der Waals surface area contributed by atoms with Crippen LogP contribution in [0.1, 0.15) is 19.0 Å². The van der Waals surface area contributed by atoms with Crippen molar-refractivity contribution in [1.29, 1.82) is 0 Å². The van der Waals surface area contributed by atoms with Crippen molar-refractivity contribution in [2.75, 3.05) is 6.54 Å². The molecule has 114 valence electrons. The van der Waals surface area contributed by atoms with Crippen LogP contribution in [0.3, 0.4) is 0 Å². The van der Waals surface area contributed by atoms with Gasteiger partial charge in [-0.25, -0.2) is 9.37 Å². The van der Waals surface area contributed by atoms with E-state index in [9.17, 15) is 9.18 Å². The smallest absolute Gasteiger partial charge is 0.225 e. The van der Waals surface area contributed by atoms with E-state index in [0.29, 0.717) is 13.0 Å². The molecule has 1 aromatic carbocycles. The van der Waals surface area contributed by atoms with Crippen molar-refractivity contribution >= 4 is 22.2 Å². The summed E-state index contributed by atoms with van der Waals surface area (Å²) >= 11 is 1.50. The molecule has 2 heterocycles. The van der Waals surface area contributed by atoms with Gasteiger partial charge in [0.25, 0.3) is 0 Å². The Morgan fingerprint density at radius 3 is 2.86 bits per heavy atom. The minimum atomic E-state index is -0.266. The monoisotopic (exact) mass is 317 g/mol. The van der Waals surface area contributed by atoms with Crippen LogP contribution in [0.25, 0.3) is 16.2 Å². The number of halogens is 1. The SMILES string of the molecule is CCCNC(=O)Cc1csc2nc(-c3ccc(F)cc3)cn12. The molecule has 0 unspecified atom stereocenters. The van der Waals surface area contributed by atoms with E-state index in [1.807, 2.05) is 22.9 Å². The van der Waals surface area contributed by atoms with E-state index in [1.54, 1.807) is 12.1 Å². The molecule has 1 amide bonds. The number of carbonyl (C=O) groups is 1. The molecule has 0 bridgehead atoms. The van der Waals surface area contributed by atoms with Crippen LogP contribution in [-0.2, 0) is 11.2 Å². The van der Waals surface area contributed by atoms with Crippen molar-refractivity contribution in [3.05, 3.63) is 47.4 Å². The first-order chi connectivity index (χ1) is 10.7. The molecule has 0 aliphatic heterocycles. The first-order valence-corrected chi connectivity index (χ1v) is 8.03. The number of hydrogen-bond donors (Lipinski definition) is 1. The number of carbonyl (C=O) groups excluding carboxylic acids is 1. The highest BCUT2D eigenvalue weighted by molar-refractivity contribution is 7.15. The molecule has 1 N–H and O–H groups in total. The van der Waals surface area contributed by atoms with E-state index in [0.717, 1.165) is 28.3 Å². The Balaban J connectivity index is 1.85. The van der Waals surface area contributed by atoms with Crippen LogP contribution in [0, 0.1) is 5.82 Å². The normalized spacial score (nSPS) is 11.0.